The number of nitrogens with one attached hydrogen (secondary N) is 2. The number of likely N-dealkylation sites (N-methyl/N-ethyl adjacent to an activating group) is 1. The number of hydrogen-bond acceptors (Lipinski definition) is 8. The van der Waals surface area contributed by atoms with E-state index in [-0.39, 0.29) is 29.8 Å². The summed E-state index contributed by atoms with van der Waals surface area (Å²) < 4.78 is 15.7. The molecule has 0 aliphatic heterocycles. The molecule has 3 aromatic heterocycles. The average Bonchev–Trinajstić information content (AvgIpc) is 3.21. The summed E-state index contributed by atoms with van der Waals surface area (Å²) in [6.07, 6.45) is 11.3. The number of terminal acetylenes is 1. The highest BCUT2D eigenvalue weighted by Gasteiger charge is 2.30. The van der Waals surface area contributed by atoms with Gasteiger partial charge in [-0.05, 0) is 62.1 Å². The Labute approximate surface area is 236 Å². The highest BCUT2D eigenvalue weighted by molar-refractivity contribution is 9.10. The van der Waals surface area contributed by atoms with E-state index >= 15 is 0 Å². The topological polar surface area (TPSA) is 141 Å². The maximum atomic E-state index is 13.6. The zero-order valence-corrected chi connectivity index (χ0v) is 23.3. The van der Waals surface area contributed by atoms with E-state index in [1.165, 1.54) is 29.2 Å². The maximum absolute atomic E-state index is 13.6. The fourth-order valence-corrected chi connectivity index (χ4v) is 4.27. The third kappa shape index (κ3) is 6.45. The number of nitrogens with zero attached hydrogens (tertiary/aromatic N) is 7. The highest BCUT2D eigenvalue weighted by atomic mass is 79.9. The lowest BCUT2D eigenvalue weighted by molar-refractivity contribution is -0.898. The van der Waals surface area contributed by atoms with Crippen molar-refractivity contribution >= 4 is 55.9 Å². The van der Waals surface area contributed by atoms with Gasteiger partial charge in [0.1, 0.15) is 30.3 Å². The van der Waals surface area contributed by atoms with E-state index in [0.29, 0.717) is 43.6 Å². The third-order valence-corrected chi connectivity index (χ3v) is 6.50. The Morgan fingerprint density at radius 2 is 2.08 bits per heavy atom. The van der Waals surface area contributed by atoms with E-state index in [4.69, 9.17) is 6.42 Å². The number of carbonyl (C=O) groups is 1. The fraction of sp³-hybridized carbons (Fsp3) is 0.192. The predicted molar refractivity (Wildman–Crippen MR) is 151 cm³/mol. The van der Waals surface area contributed by atoms with Crippen LogP contribution >= 0.6 is 15.9 Å². The van der Waals surface area contributed by atoms with E-state index < -0.39 is 10.8 Å². The summed E-state index contributed by atoms with van der Waals surface area (Å²) in [4.78, 5) is 40.1. The number of halogens is 2. The molecule has 1 amide bonds. The van der Waals surface area contributed by atoms with Crippen LogP contribution in [-0.2, 0) is 18.4 Å². The number of rotatable bonds is 9. The highest BCUT2D eigenvalue weighted by Crippen LogP contribution is 2.27. The number of hydrogen-bond donors (Lipinski definition) is 2. The Morgan fingerprint density at radius 3 is 2.77 bits per heavy atom. The lowest BCUT2D eigenvalue weighted by Crippen LogP contribution is -2.39. The van der Waals surface area contributed by atoms with Crippen LogP contribution in [0.1, 0.15) is 11.5 Å². The van der Waals surface area contributed by atoms with Gasteiger partial charge in [0, 0.05) is 24.2 Å². The average molecular weight is 609 g/mol. The second kappa shape index (κ2) is 11.6. The SMILES string of the molecule is C#Cc1nc([N+](=O)[O-])c(C[N+](C)(C)CC=CC(=O)Nc2cc3c(Nc4ccc(F)c(Br)c4)ncnc3cn2)n1C. The molecule has 0 aliphatic carbocycles. The number of nitro groups is 1. The van der Waals surface area contributed by atoms with Gasteiger partial charge in [0.15, 0.2) is 5.69 Å². The largest absolute Gasteiger partial charge is 0.392 e. The van der Waals surface area contributed by atoms with E-state index in [2.05, 4.69) is 52.4 Å². The minimum Gasteiger partial charge on any atom is -0.358 e. The van der Waals surface area contributed by atoms with Crippen molar-refractivity contribution in [1.29, 1.82) is 0 Å². The lowest BCUT2D eigenvalue weighted by atomic mass is 10.2. The molecule has 0 fully saturated rings. The molecular formula is C26H24BrFN9O3+. The molecule has 40 heavy (non-hydrogen) atoms. The minimum absolute atomic E-state index is 0.175. The number of carbonyl (C=O) groups excluding carboxylic acids is 1. The summed E-state index contributed by atoms with van der Waals surface area (Å²) >= 11 is 3.16. The van der Waals surface area contributed by atoms with E-state index in [1.807, 2.05) is 14.1 Å². The molecule has 3 heterocycles. The van der Waals surface area contributed by atoms with Crippen molar-refractivity contribution in [2.45, 2.75) is 6.54 Å². The molecule has 0 atom stereocenters. The molecule has 2 N–H and O–H groups in total. The number of anilines is 3. The maximum Gasteiger partial charge on any atom is 0.392 e. The zero-order valence-electron chi connectivity index (χ0n) is 21.7. The fourth-order valence-electron chi connectivity index (χ4n) is 3.89. The first-order valence-corrected chi connectivity index (χ1v) is 12.6. The van der Waals surface area contributed by atoms with E-state index in [1.54, 1.807) is 31.3 Å². The number of pyridine rings is 1. The summed E-state index contributed by atoms with van der Waals surface area (Å²) in [6.45, 7) is 0.654. The monoisotopic (exact) mass is 608 g/mol. The Kier molecular flexibility index (Phi) is 8.17. The first kappa shape index (κ1) is 28.3. The predicted octanol–water partition coefficient (Wildman–Crippen LogP) is 4.06. The van der Waals surface area contributed by atoms with Crippen molar-refractivity contribution < 1.29 is 18.6 Å². The summed E-state index contributed by atoms with van der Waals surface area (Å²) in [7, 11) is 5.37. The van der Waals surface area contributed by atoms with Gasteiger partial charge in [0.25, 0.3) is 5.82 Å². The Hall–Kier alpha value is -4.74. The Bertz CT molecular complexity index is 1690. The molecule has 14 heteroatoms. The summed E-state index contributed by atoms with van der Waals surface area (Å²) in [6, 6.07) is 6.11. The summed E-state index contributed by atoms with van der Waals surface area (Å²) in [5.41, 5.74) is 1.54. The molecule has 0 spiro atoms. The minimum atomic E-state index is -0.555. The van der Waals surface area contributed by atoms with Crippen molar-refractivity contribution in [1.82, 2.24) is 24.5 Å². The van der Waals surface area contributed by atoms with Crippen molar-refractivity contribution in [3.05, 3.63) is 80.9 Å². The van der Waals surface area contributed by atoms with Crippen molar-refractivity contribution in [2.75, 3.05) is 31.3 Å². The molecule has 4 rings (SSSR count). The lowest BCUT2D eigenvalue weighted by Gasteiger charge is -2.28. The van der Waals surface area contributed by atoms with Crippen LogP contribution in [0.5, 0.6) is 0 Å². The van der Waals surface area contributed by atoms with E-state index in [9.17, 15) is 19.3 Å². The normalized spacial score (nSPS) is 11.5. The van der Waals surface area contributed by atoms with Gasteiger partial charge in [-0.25, -0.2) is 19.3 Å². The Balaban J connectivity index is 1.45. The molecule has 0 saturated carbocycles. The molecule has 0 bridgehead atoms. The molecule has 0 unspecified atom stereocenters. The van der Waals surface area contributed by atoms with Crippen molar-refractivity contribution in [2.24, 2.45) is 7.05 Å². The van der Waals surface area contributed by atoms with Gasteiger partial charge in [-0.1, -0.05) is 0 Å². The first-order valence-electron chi connectivity index (χ1n) is 11.8. The molecule has 0 aliphatic rings. The number of amides is 1. The van der Waals surface area contributed by atoms with Crippen LogP contribution in [0.2, 0.25) is 0 Å². The van der Waals surface area contributed by atoms with Crippen LogP contribution in [0.25, 0.3) is 10.9 Å². The summed E-state index contributed by atoms with van der Waals surface area (Å²) in [5.74, 6) is 2.17. The van der Waals surface area contributed by atoms with Gasteiger partial charge in [-0.3, -0.25) is 9.36 Å². The number of quaternary nitrogens is 1. The van der Waals surface area contributed by atoms with Crippen LogP contribution in [0.3, 0.4) is 0 Å². The van der Waals surface area contributed by atoms with Gasteiger partial charge < -0.3 is 25.2 Å². The third-order valence-electron chi connectivity index (χ3n) is 5.90. The molecule has 12 nitrogen and oxygen atoms in total. The van der Waals surface area contributed by atoms with Gasteiger partial charge in [-0.15, -0.1) is 6.42 Å². The first-order chi connectivity index (χ1) is 19.0. The van der Waals surface area contributed by atoms with Crippen LogP contribution in [0.4, 0.5) is 27.5 Å². The van der Waals surface area contributed by atoms with Gasteiger partial charge in [0.2, 0.25) is 5.91 Å². The molecule has 4 aromatic rings. The van der Waals surface area contributed by atoms with Crippen LogP contribution in [0, 0.1) is 28.3 Å². The Morgan fingerprint density at radius 1 is 1.30 bits per heavy atom. The van der Waals surface area contributed by atoms with Gasteiger partial charge >= 0.3 is 5.82 Å². The standard InChI is InChI=1S/C26H23BrFN9O3/c1-5-23-34-26(36(39)40)21(35(23)2)14-37(3,4)10-6-7-24(38)33-22-12-17-20(13-29-22)30-15-31-25(17)32-16-8-9-19(28)18(27)11-16/h1,6-9,11-13,15H,10,14H2,2-4H3,(H-,29,30,31,32,33,38)/p+1. The molecule has 1 aromatic carbocycles. The number of aromatic nitrogens is 5. The smallest absolute Gasteiger partial charge is 0.358 e. The van der Waals surface area contributed by atoms with Gasteiger partial charge in [0.05, 0.1) is 36.8 Å². The molecule has 0 saturated heterocycles. The zero-order chi connectivity index (χ0) is 29.0. The number of imidazole rings is 1. The quantitative estimate of drug-likeness (QED) is 0.0952. The van der Waals surface area contributed by atoms with Gasteiger partial charge in [-0.2, -0.15) is 0 Å². The number of benzene rings is 1. The second-order valence-corrected chi connectivity index (χ2v) is 10.3. The molecular weight excluding hydrogens is 585 g/mol. The van der Waals surface area contributed by atoms with Crippen LogP contribution < -0.4 is 10.6 Å². The second-order valence-electron chi connectivity index (χ2n) is 9.40. The van der Waals surface area contributed by atoms with Crippen LogP contribution in [-0.4, -0.2) is 60.5 Å². The van der Waals surface area contributed by atoms with Crippen molar-refractivity contribution in [3.63, 3.8) is 0 Å². The van der Waals surface area contributed by atoms with E-state index in [0.717, 1.165) is 0 Å². The number of fused-ring (bicyclic) bond motifs is 1. The van der Waals surface area contributed by atoms with Crippen molar-refractivity contribution in [3.8, 4) is 12.3 Å². The molecule has 204 valence electrons. The van der Waals surface area contributed by atoms with Crippen LogP contribution in [0.15, 0.2) is 53.4 Å². The molecule has 0 radical (unpaired) electrons. The summed E-state index contributed by atoms with van der Waals surface area (Å²) in [5, 5.41) is 17.9.